The average molecular weight is 2220 g/mol. The number of hydrogen-bond acceptors (Lipinski definition) is 21. The summed E-state index contributed by atoms with van der Waals surface area (Å²) in [5, 5.41) is 38.9. The smallest absolute Gasteiger partial charge is 0.224 e. The zero-order valence-corrected chi connectivity index (χ0v) is 84.0. The first-order valence-corrected chi connectivity index (χ1v) is 48.2. The number of nitriles is 2. The van der Waals surface area contributed by atoms with Crippen molar-refractivity contribution >= 4 is 236 Å². The van der Waals surface area contributed by atoms with E-state index < -0.39 is 50.6 Å². The van der Waals surface area contributed by atoms with Crippen molar-refractivity contribution in [3.8, 4) is 12.1 Å². The number of hydrogen-bond donors (Lipinski definition) is 1. The zero-order valence-electron chi connectivity index (χ0n) is 68.2. The van der Waals surface area contributed by atoms with Gasteiger partial charge in [-0.2, -0.15) is 67.2 Å². The van der Waals surface area contributed by atoms with Crippen LogP contribution in [-0.2, 0) is 26.9 Å². The van der Waals surface area contributed by atoms with Gasteiger partial charge in [0.1, 0.15) is 20.8 Å². The maximum atomic E-state index is 12.1. The van der Waals surface area contributed by atoms with Crippen molar-refractivity contribution in [2.75, 3.05) is 55.4 Å². The molecule has 0 spiro atoms. The van der Waals surface area contributed by atoms with Gasteiger partial charge in [-0.15, -0.1) is 36.2 Å². The molecule has 34 heteroatoms. The van der Waals surface area contributed by atoms with Crippen LogP contribution in [0, 0.1) is 26.2 Å². The number of aliphatic imine (C=N–C) groups is 1. The molecule has 658 valence electrons. The molecule has 0 saturated carbocycles. The van der Waals surface area contributed by atoms with Gasteiger partial charge in [0.2, 0.25) is 5.91 Å². The third-order valence-electron chi connectivity index (χ3n) is 15.9. The molecule has 1 aliphatic rings. The molecular weight excluding hydrogens is 2130 g/mol. The summed E-state index contributed by atoms with van der Waals surface area (Å²) in [5.41, 5.74) is 15.5. The minimum Gasteiger partial charge on any atom is -1.00 e. The van der Waals surface area contributed by atoms with Crippen LogP contribution >= 0.6 is 177 Å². The molecule has 1 aliphatic heterocycles. The molecule has 0 fully saturated rings. The summed E-state index contributed by atoms with van der Waals surface area (Å²) in [5.74, 6) is -3.39. The Kier molecular flexibility index (Phi) is 58.7. The van der Waals surface area contributed by atoms with Gasteiger partial charge in [0, 0.05) is 112 Å². The molecule has 11 aromatic rings. The second kappa shape index (κ2) is 63.5. The van der Waals surface area contributed by atoms with Crippen molar-refractivity contribution in [1.82, 2.24) is 9.80 Å². The molecule has 0 saturated heterocycles. The summed E-state index contributed by atoms with van der Waals surface area (Å²) in [6, 6.07) is 56.9. The quantitative estimate of drug-likeness (QED) is 0.0229. The predicted octanol–water partition coefficient (Wildman–Crippen LogP) is 22.3. The minimum absolute atomic E-state index is 0. The molecule has 12 rings (SSSR count). The first-order chi connectivity index (χ1) is 57.2. The monoisotopic (exact) mass is 2220 g/mol. The van der Waals surface area contributed by atoms with Crippen LogP contribution in [0.3, 0.4) is 0 Å². The number of carbonyl (C=O) groups is 8. The third kappa shape index (κ3) is 47.7. The van der Waals surface area contributed by atoms with Gasteiger partial charge in [-0.1, -0.05) is 118 Å². The Morgan fingerprint density at radius 1 is 0.569 bits per heavy atom. The van der Waals surface area contributed by atoms with Gasteiger partial charge in [-0.3, -0.25) is 33.8 Å². The number of benzene rings is 5. The summed E-state index contributed by atoms with van der Waals surface area (Å²) < 4.78 is 51.3. The number of nitrogens with two attached hydrogens (primary N) is 1. The van der Waals surface area contributed by atoms with Gasteiger partial charge >= 0.3 is 108 Å². The first-order valence-electron chi connectivity index (χ1n) is 36.6. The van der Waals surface area contributed by atoms with E-state index in [1.165, 1.54) is 51.6 Å². The Morgan fingerprint density at radius 3 is 1.38 bits per heavy atom. The maximum absolute atomic E-state index is 12.1. The fraction of sp³-hybridized carbons (Fsp3) is 0.258. The third-order valence-corrected chi connectivity index (χ3v) is 25.9. The van der Waals surface area contributed by atoms with Crippen molar-refractivity contribution in [3.63, 3.8) is 0 Å². The molecule has 3 atom stereocenters. The van der Waals surface area contributed by atoms with E-state index in [1.54, 1.807) is 81.1 Å². The van der Waals surface area contributed by atoms with Crippen molar-refractivity contribution in [3.05, 3.63) is 305 Å². The Bertz CT molecular complexity index is 4940. The van der Waals surface area contributed by atoms with Crippen LogP contribution in [0.1, 0.15) is 162 Å². The van der Waals surface area contributed by atoms with E-state index in [9.17, 15) is 56.8 Å². The number of primary amides is 1. The Morgan fingerprint density at radius 2 is 1.00 bits per heavy atom. The van der Waals surface area contributed by atoms with Gasteiger partial charge in [-0.05, 0) is 206 Å². The van der Waals surface area contributed by atoms with Crippen LogP contribution in [0.5, 0.6) is 0 Å². The van der Waals surface area contributed by atoms with E-state index >= 15 is 0 Å². The number of carbonyl (C=O) groups excluding carboxylic acids is 8. The molecule has 123 heavy (non-hydrogen) atoms. The number of thiophene rings is 6. The van der Waals surface area contributed by atoms with Gasteiger partial charge in [0.25, 0.3) is 0 Å². The van der Waals surface area contributed by atoms with Gasteiger partial charge in [0.05, 0.1) is 41.3 Å². The van der Waals surface area contributed by atoms with E-state index in [0.717, 1.165) is 94.6 Å². The fourth-order valence-electron chi connectivity index (χ4n) is 9.78. The van der Waals surface area contributed by atoms with Crippen molar-refractivity contribution in [2.24, 2.45) is 10.7 Å². The van der Waals surface area contributed by atoms with Crippen LogP contribution in [-0.4, -0.2) is 135 Å². The SMILES string of the molecule is Brc1ccc(C2CCC(c3ccsc3)=N2)cc1.C=[N+](C)C.CC(=O)OI(OC(=O)C(F)(F)F)c1ccccc1.CC(=O)c1ccsc1.CN(C)CCC(=O)c1ccsc1.CN(C)CCC(=O)c1ccsc1.Cl.Cl.N#CC(CCC(=O)c1ccsc1)c1ccc(Br)cc1.N#CCc1ccc(Br)cc1.NC(=O)C(CCC(=O)c1cccs1)c1ccc(Br)cc1.[Cl-]. The standard InChI is InChI=1S/C15H14BrNO2S.C15H12BrNOS.C14H12BrNS.C10H8F3IO4.2C9H13NOS.C8H6BrN.C6H6OS.C3H8N.3ClH/c16-11-5-3-10(4-6-11)12(15(17)19)7-8-13(18)14-2-1-9-20-14;16-14-4-1-11(2-5-14)12(9-17)3-6-15(18)13-7-8-19-10-13;15-12-3-1-10(2-4-12)13-5-6-14(16-13)11-7-8-17-9-11;1-7(15)17-14(8-5-3-2-4-6-8)18-9(16)10(11,12)13;2*1-10(2)5-3-9(11)8-4-6-12-7-8;9-8-3-1-7(2-4-8)5-6-10;1-5(7)6-2-3-8-4-6;1-4(2)3;;;/h1-6,9,12H,7-8H2,(H2,17,19);1-2,4-5,7-8,10,12H,3,6H2;1-4,7-9,13H,5-6H2;2-6H,1H3;2*4,6-7H,3,5H2,1-2H3;1-4H,5H2;2-4H,1H3;1H2,2-3H3;3*1H/q;;;;;;;;+1;;;/p-1. The Hall–Kier alpha value is -7.39. The van der Waals surface area contributed by atoms with Crippen LogP contribution in [0.15, 0.2) is 252 Å². The number of rotatable bonds is 26. The topological polar surface area (TPSA) is 250 Å². The molecule has 2 N–H and O–H groups in total. The van der Waals surface area contributed by atoms with Crippen LogP contribution in [0.4, 0.5) is 13.2 Å². The zero-order chi connectivity index (χ0) is 88.5. The molecule has 0 bridgehead atoms. The van der Waals surface area contributed by atoms with E-state index in [2.05, 4.69) is 130 Å². The van der Waals surface area contributed by atoms with E-state index in [4.69, 9.17) is 16.0 Å². The summed E-state index contributed by atoms with van der Waals surface area (Å²) >= 11 is 19.4. The Labute approximate surface area is 802 Å². The van der Waals surface area contributed by atoms with Crippen molar-refractivity contribution < 1.29 is 74.6 Å². The second-order valence-electron chi connectivity index (χ2n) is 26.4. The van der Waals surface area contributed by atoms with E-state index in [1.807, 2.05) is 204 Å². The summed E-state index contributed by atoms with van der Waals surface area (Å²) in [4.78, 5) is 99.9. The molecule has 7 heterocycles. The minimum atomic E-state index is -5.11. The molecule has 17 nitrogen and oxygen atoms in total. The number of Topliss-reactive ketones (excluding diaryl/α,β-unsaturated/α-hetero) is 5. The summed E-state index contributed by atoms with van der Waals surface area (Å²) in [6.45, 7) is 7.74. The van der Waals surface area contributed by atoms with Gasteiger partial charge < -0.3 is 27.9 Å². The number of ketones is 5. The van der Waals surface area contributed by atoms with Crippen molar-refractivity contribution in [1.29, 1.82) is 10.5 Å². The Balaban J connectivity index is 0.000000705. The van der Waals surface area contributed by atoms with Crippen LogP contribution in [0.2, 0.25) is 0 Å². The molecule has 6 aromatic heterocycles. The molecule has 1 amide bonds. The maximum Gasteiger partial charge on any atom is 0.224 e. The van der Waals surface area contributed by atoms with Gasteiger partial charge in [0.15, 0.2) is 28.9 Å². The number of nitrogens with zero attached hydrogens (tertiary/aromatic N) is 6. The summed E-state index contributed by atoms with van der Waals surface area (Å²) in [7, 11) is 11.7. The second-order valence-corrected chi connectivity index (χ2v) is 38.3. The number of halogens is 11. The molecule has 0 radical (unpaired) electrons. The molecular formula is C89H94Br4Cl3F3IN7O10S6. The van der Waals surface area contributed by atoms with Crippen molar-refractivity contribution in [2.45, 2.75) is 95.7 Å². The molecule has 5 aromatic carbocycles. The average Bonchev–Trinajstić information content (AvgIpc) is 1.68. The van der Waals surface area contributed by atoms with E-state index in [-0.39, 0.29) is 75.6 Å². The number of alkyl halides is 3. The molecule has 0 aliphatic carbocycles. The van der Waals surface area contributed by atoms with E-state index in [0.29, 0.717) is 51.0 Å². The predicted molar refractivity (Wildman–Crippen MR) is 520 cm³/mol. The number of amides is 1. The molecule has 3 unspecified atom stereocenters. The summed E-state index contributed by atoms with van der Waals surface area (Å²) in [6.07, 6.45) is 0.575. The fourth-order valence-corrected chi connectivity index (χ4v) is 17.7. The van der Waals surface area contributed by atoms with Crippen LogP contribution in [0.25, 0.3) is 0 Å². The van der Waals surface area contributed by atoms with Gasteiger partial charge in [-0.25, -0.2) is 4.58 Å². The largest absolute Gasteiger partial charge is 1.00 e. The van der Waals surface area contributed by atoms with Crippen LogP contribution < -0.4 is 18.1 Å². The first kappa shape index (κ1) is 114. The normalized spacial score (nSPS) is 11.7.